The van der Waals surface area contributed by atoms with Gasteiger partial charge in [-0.15, -0.1) is 0 Å². The van der Waals surface area contributed by atoms with Gasteiger partial charge in [0.05, 0.1) is 30.8 Å². The first-order valence-electron chi connectivity index (χ1n) is 6.23. The number of hydrogen-bond acceptors (Lipinski definition) is 5. The molecule has 1 aliphatic heterocycles. The number of amides is 1. The molecule has 2 aromatic heterocycles. The molecule has 20 heavy (non-hydrogen) atoms. The zero-order valence-corrected chi connectivity index (χ0v) is 11.5. The third-order valence-corrected chi connectivity index (χ3v) is 3.85. The lowest BCUT2D eigenvalue weighted by Gasteiger charge is -2.15. The smallest absolute Gasteiger partial charge is 0.239 e. The van der Waals surface area contributed by atoms with E-state index in [9.17, 15) is 4.79 Å². The third-order valence-electron chi connectivity index (χ3n) is 2.85. The topological polar surface area (TPSA) is 58.7 Å². The van der Waals surface area contributed by atoms with E-state index in [2.05, 4.69) is 9.98 Å². The van der Waals surface area contributed by atoms with Crippen molar-refractivity contribution in [2.75, 3.05) is 5.75 Å². The summed E-state index contributed by atoms with van der Waals surface area (Å²) in [6, 6.07) is 9.37. The Morgan fingerprint density at radius 1 is 1.35 bits per heavy atom. The van der Waals surface area contributed by atoms with Crippen molar-refractivity contribution < 1.29 is 9.21 Å². The van der Waals surface area contributed by atoms with E-state index in [1.54, 1.807) is 17.4 Å². The van der Waals surface area contributed by atoms with Crippen molar-refractivity contribution in [3.63, 3.8) is 0 Å². The Morgan fingerprint density at radius 2 is 2.30 bits per heavy atom. The number of hydrogen-bond donors (Lipinski definition) is 0. The number of aliphatic imine (C=N–C) groups is 1. The van der Waals surface area contributed by atoms with Gasteiger partial charge in [0.15, 0.2) is 5.17 Å². The molecule has 0 aliphatic carbocycles. The number of thioether (sulfide) groups is 1. The fourth-order valence-corrected chi connectivity index (χ4v) is 2.76. The molecule has 0 N–H and O–H groups in total. The molecule has 0 atom stereocenters. The molecule has 1 amide bonds. The van der Waals surface area contributed by atoms with Gasteiger partial charge in [-0.05, 0) is 24.3 Å². The van der Waals surface area contributed by atoms with Crippen LogP contribution in [0.5, 0.6) is 0 Å². The quantitative estimate of drug-likeness (QED) is 0.866. The molecule has 102 valence electrons. The molecule has 0 aromatic carbocycles. The number of rotatable bonds is 4. The lowest BCUT2D eigenvalue weighted by Crippen LogP contribution is -2.29. The van der Waals surface area contributed by atoms with Crippen molar-refractivity contribution in [3.05, 3.63) is 54.2 Å². The van der Waals surface area contributed by atoms with Crippen molar-refractivity contribution >= 4 is 22.8 Å². The molecular formula is C14H13N3O2S. The third kappa shape index (κ3) is 2.91. The largest absolute Gasteiger partial charge is 0.467 e. The molecule has 1 fully saturated rings. The van der Waals surface area contributed by atoms with Crippen LogP contribution in [0.1, 0.15) is 11.5 Å². The van der Waals surface area contributed by atoms with Crippen LogP contribution in [0, 0.1) is 0 Å². The first kappa shape index (κ1) is 12.9. The number of pyridine rings is 1. The second-order valence-electron chi connectivity index (χ2n) is 4.27. The molecule has 2 aromatic rings. The Bertz CT molecular complexity index is 611. The number of amidine groups is 1. The maximum absolute atomic E-state index is 11.9. The predicted molar refractivity (Wildman–Crippen MR) is 77.1 cm³/mol. The summed E-state index contributed by atoms with van der Waals surface area (Å²) in [7, 11) is 0. The summed E-state index contributed by atoms with van der Waals surface area (Å²) in [4.78, 5) is 22.3. The summed E-state index contributed by atoms with van der Waals surface area (Å²) in [5.74, 6) is 1.29. The number of carbonyl (C=O) groups excluding carboxylic acids is 1. The summed E-state index contributed by atoms with van der Waals surface area (Å²) >= 11 is 1.46. The Labute approximate surface area is 120 Å². The molecule has 0 saturated carbocycles. The zero-order valence-electron chi connectivity index (χ0n) is 10.7. The van der Waals surface area contributed by atoms with E-state index >= 15 is 0 Å². The Morgan fingerprint density at radius 3 is 3.05 bits per heavy atom. The molecule has 0 unspecified atom stereocenters. The van der Waals surface area contributed by atoms with E-state index in [0.29, 0.717) is 18.8 Å². The number of furan rings is 1. The minimum absolute atomic E-state index is 0.0684. The maximum atomic E-state index is 11.9. The number of nitrogens with zero attached hydrogens (tertiary/aromatic N) is 3. The van der Waals surface area contributed by atoms with Gasteiger partial charge in [-0.3, -0.25) is 19.7 Å². The van der Waals surface area contributed by atoms with Crippen molar-refractivity contribution in [2.24, 2.45) is 4.99 Å². The fourth-order valence-electron chi connectivity index (χ4n) is 1.88. The normalized spacial score (nSPS) is 17.1. The second kappa shape index (κ2) is 5.92. The van der Waals surface area contributed by atoms with Gasteiger partial charge in [-0.1, -0.05) is 17.8 Å². The van der Waals surface area contributed by atoms with Gasteiger partial charge in [0.2, 0.25) is 5.91 Å². The van der Waals surface area contributed by atoms with Crippen molar-refractivity contribution in [3.8, 4) is 0 Å². The van der Waals surface area contributed by atoms with Crippen molar-refractivity contribution in [1.29, 1.82) is 0 Å². The maximum Gasteiger partial charge on any atom is 0.239 e. The molecular weight excluding hydrogens is 274 g/mol. The number of aromatic nitrogens is 1. The fraction of sp³-hybridized carbons (Fsp3) is 0.214. The molecule has 3 rings (SSSR count). The molecule has 5 nitrogen and oxygen atoms in total. The van der Waals surface area contributed by atoms with E-state index < -0.39 is 0 Å². The average Bonchev–Trinajstić information content (AvgIpc) is 3.10. The predicted octanol–water partition coefficient (Wildman–Crippen LogP) is 2.31. The van der Waals surface area contributed by atoms with Gasteiger partial charge in [-0.2, -0.15) is 0 Å². The van der Waals surface area contributed by atoms with E-state index in [0.717, 1.165) is 16.6 Å². The molecule has 0 spiro atoms. The van der Waals surface area contributed by atoms with Crippen LogP contribution in [0.15, 0.2) is 52.2 Å². The number of carbonyl (C=O) groups is 1. The van der Waals surface area contributed by atoms with Crippen LogP contribution in [-0.4, -0.2) is 26.7 Å². The van der Waals surface area contributed by atoms with E-state index in [1.165, 1.54) is 11.8 Å². The summed E-state index contributed by atoms with van der Waals surface area (Å²) in [6.07, 6.45) is 3.34. The molecule has 1 aliphatic rings. The van der Waals surface area contributed by atoms with Crippen molar-refractivity contribution in [2.45, 2.75) is 13.1 Å². The highest BCUT2D eigenvalue weighted by Gasteiger charge is 2.28. The first-order chi connectivity index (χ1) is 9.83. The summed E-state index contributed by atoms with van der Waals surface area (Å²) < 4.78 is 5.24. The van der Waals surface area contributed by atoms with Crippen LogP contribution < -0.4 is 0 Å². The summed E-state index contributed by atoms with van der Waals surface area (Å²) in [5, 5.41) is 0.733. The minimum Gasteiger partial charge on any atom is -0.467 e. The summed E-state index contributed by atoms with van der Waals surface area (Å²) in [6.45, 7) is 0.908. The molecule has 0 bridgehead atoms. The van der Waals surface area contributed by atoms with Gasteiger partial charge >= 0.3 is 0 Å². The minimum atomic E-state index is 0.0684. The van der Waals surface area contributed by atoms with Crippen LogP contribution in [0.4, 0.5) is 0 Å². The lowest BCUT2D eigenvalue weighted by molar-refractivity contribution is -0.124. The Balaban J connectivity index is 1.73. The monoisotopic (exact) mass is 287 g/mol. The highest BCUT2D eigenvalue weighted by Crippen LogP contribution is 2.22. The summed E-state index contributed by atoms with van der Waals surface area (Å²) in [5.41, 5.74) is 0.856. The van der Waals surface area contributed by atoms with Crippen LogP contribution in [0.3, 0.4) is 0 Å². The molecule has 3 heterocycles. The Hall–Kier alpha value is -2.08. The van der Waals surface area contributed by atoms with Gasteiger partial charge in [-0.25, -0.2) is 0 Å². The lowest BCUT2D eigenvalue weighted by atomic mass is 10.3. The van der Waals surface area contributed by atoms with Crippen LogP contribution in [0.25, 0.3) is 0 Å². The Kier molecular flexibility index (Phi) is 3.83. The van der Waals surface area contributed by atoms with Gasteiger partial charge in [0.25, 0.3) is 0 Å². The highest BCUT2D eigenvalue weighted by atomic mass is 32.2. The molecule has 1 saturated heterocycles. The van der Waals surface area contributed by atoms with Gasteiger partial charge in [0, 0.05) is 6.20 Å². The highest BCUT2D eigenvalue weighted by molar-refractivity contribution is 8.15. The molecule has 6 heteroatoms. The van der Waals surface area contributed by atoms with E-state index in [1.807, 2.05) is 30.3 Å². The SMILES string of the molecule is O=C1CSC(=NCc2ccco2)N1Cc1ccccn1. The second-order valence-corrected chi connectivity index (χ2v) is 5.21. The van der Waals surface area contributed by atoms with E-state index in [4.69, 9.17) is 4.42 Å². The molecule has 0 radical (unpaired) electrons. The standard InChI is InChI=1S/C14H13N3O2S/c18-13-10-20-14(16-8-12-5-3-7-19-12)17(13)9-11-4-1-2-6-15-11/h1-7H,8-10H2. The van der Waals surface area contributed by atoms with Gasteiger partial charge in [0.1, 0.15) is 5.76 Å². The average molecular weight is 287 g/mol. The van der Waals surface area contributed by atoms with E-state index in [-0.39, 0.29) is 5.91 Å². The zero-order chi connectivity index (χ0) is 13.8. The van der Waals surface area contributed by atoms with Crippen LogP contribution in [0.2, 0.25) is 0 Å². The first-order valence-corrected chi connectivity index (χ1v) is 7.21. The van der Waals surface area contributed by atoms with Gasteiger partial charge < -0.3 is 4.42 Å². The van der Waals surface area contributed by atoms with Crippen LogP contribution in [-0.2, 0) is 17.9 Å². The van der Waals surface area contributed by atoms with Crippen LogP contribution >= 0.6 is 11.8 Å². The van der Waals surface area contributed by atoms with Crippen molar-refractivity contribution in [1.82, 2.24) is 9.88 Å².